The first-order chi connectivity index (χ1) is 6.13. The van der Waals surface area contributed by atoms with Gasteiger partial charge in [0.25, 0.3) is 0 Å². The summed E-state index contributed by atoms with van der Waals surface area (Å²) < 4.78 is 2.15. The fraction of sp³-hybridized carbons (Fsp3) is 0.455. The van der Waals surface area contributed by atoms with Gasteiger partial charge in [0.15, 0.2) is 0 Å². The molecule has 0 bridgehead atoms. The predicted octanol–water partition coefficient (Wildman–Crippen LogP) is 2.26. The van der Waals surface area contributed by atoms with Gasteiger partial charge in [-0.3, -0.25) is 0 Å². The Morgan fingerprint density at radius 3 is 2.85 bits per heavy atom. The molecule has 1 aromatic rings. The molecule has 0 radical (unpaired) electrons. The molecule has 2 nitrogen and oxygen atoms in total. The van der Waals surface area contributed by atoms with Crippen LogP contribution < -0.4 is 5.73 Å². The Morgan fingerprint density at radius 2 is 2.38 bits per heavy atom. The zero-order valence-electron chi connectivity index (χ0n) is 8.62. The van der Waals surface area contributed by atoms with Gasteiger partial charge in [-0.1, -0.05) is 11.6 Å². The van der Waals surface area contributed by atoms with Crippen molar-refractivity contribution < 1.29 is 0 Å². The topological polar surface area (TPSA) is 30.9 Å². The van der Waals surface area contributed by atoms with Gasteiger partial charge in [0.2, 0.25) is 0 Å². The van der Waals surface area contributed by atoms with E-state index < -0.39 is 0 Å². The van der Waals surface area contributed by atoms with E-state index in [1.165, 1.54) is 11.1 Å². The van der Waals surface area contributed by atoms with Crippen LogP contribution in [0.15, 0.2) is 24.0 Å². The smallest absolute Gasteiger partial charge is 0.0225 e. The molecule has 0 aromatic carbocycles. The molecule has 1 aromatic heterocycles. The van der Waals surface area contributed by atoms with Crippen molar-refractivity contribution in [1.82, 2.24) is 4.57 Å². The van der Waals surface area contributed by atoms with Crippen molar-refractivity contribution in [2.45, 2.75) is 33.4 Å². The molecule has 13 heavy (non-hydrogen) atoms. The van der Waals surface area contributed by atoms with Gasteiger partial charge < -0.3 is 10.3 Å². The van der Waals surface area contributed by atoms with E-state index in [2.05, 4.69) is 43.0 Å². The summed E-state index contributed by atoms with van der Waals surface area (Å²) in [5.74, 6) is 0. The second-order valence-corrected chi connectivity index (χ2v) is 3.45. The SMILES string of the molecule is CCn1ccc(/C=C(/C)C(C)N)c1. The van der Waals surface area contributed by atoms with Crippen LogP contribution in [0.4, 0.5) is 0 Å². The van der Waals surface area contributed by atoms with Gasteiger partial charge in [-0.25, -0.2) is 0 Å². The van der Waals surface area contributed by atoms with Crippen molar-refractivity contribution in [1.29, 1.82) is 0 Å². The summed E-state index contributed by atoms with van der Waals surface area (Å²) in [5, 5.41) is 0. The minimum Gasteiger partial charge on any atom is -0.354 e. The summed E-state index contributed by atoms with van der Waals surface area (Å²) in [7, 11) is 0. The zero-order valence-corrected chi connectivity index (χ0v) is 8.62. The van der Waals surface area contributed by atoms with Crippen LogP contribution in [0.2, 0.25) is 0 Å². The number of hydrogen-bond acceptors (Lipinski definition) is 1. The molecule has 1 rings (SSSR count). The number of rotatable bonds is 3. The molecule has 0 amide bonds. The maximum atomic E-state index is 5.75. The van der Waals surface area contributed by atoms with Crippen LogP contribution in [0.1, 0.15) is 26.3 Å². The van der Waals surface area contributed by atoms with Crippen LogP contribution >= 0.6 is 0 Å². The number of aromatic nitrogens is 1. The highest BCUT2D eigenvalue weighted by atomic mass is 14.9. The summed E-state index contributed by atoms with van der Waals surface area (Å²) in [6.07, 6.45) is 6.35. The number of nitrogens with zero attached hydrogens (tertiary/aromatic N) is 1. The third-order valence-electron chi connectivity index (χ3n) is 2.25. The molecule has 0 saturated heterocycles. The number of nitrogens with two attached hydrogens (primary N) is 1. The van der Waals surface area contributed by atoms with E-state index >= 15 is 0 Å². The van der Waals surface area contributed by atoms with Crippen LogP contribution in [0.25, 0.3) is 6.08 Å². The van der Waals surface area contributed by atoms with E-state index in [0.29, 0.717) is 0 Å². The lowest BCUT2D eigenvalue weighted by molar-refractivity contribution is 0.769. The molecule has 0 spiro atoms. The molecular weight excluding hydrogens is 160 g/mol. The van der Waals surface area contributed by atoms with Crippen molar-refractivity contribution in [2.75, 3.05) is 0 Å². The molecule has 1 atom stereocenters. The summed E-state index contributed by atoms with van der Waals surface area (Å²) >= 11 is 0. The van der Waals surface area contributed by atoms with Gasteiger partial charge in [-0.15, -0.1) is 0 Å². The van der Waals surface area contributed by atoms with Gasteiger partial charge in [0.05, 0.1) is 0 Å². The zero-order chi connectivity index (χ0) is 9.84. The predicted molar refractivity (Wildman–Crippen MR) is 57.4 cm³/mol. The average molecular weight is 178 g/mol. The molecule has 0 aliphatic heterocycles. The standard InChI is InChI=1S/C11H18N2/c1-4-13-6-5-11(8-13)7-9(2)10(3)12/h5-8,10H,4,12H2,1-3H3/b9-7-. The van der Waals surface area contributed by atoms with Crippen LogP contribution in [-0.2, 0) is 6.54 Å². The fourth-order valence-electron chi connectivity index (χ4n) is 1.14. The Hall–Kier alpha value is -1.02. The van der Waals surface area contributed by atoms with E-state index in [9.17, 15) is 0 Å². The van der Waals surface area contributed by atoms with Crippen LogP contribution in [0.5, 0.6) is 0 Å². The first-order valence-corrected chi connectivity index (χ1v) is 4.73. The number of hydrogen-bond donors (Lipinski definition) is 1. The molecule has 1 heterocycles. The van der Waals surface area contributed by atoms with Crippen molar-refractivity contribution in [3.8, 4) is 0 Å². The van der Waals surface area contributed by atoms with Crippen LogP contribution in [-0.4, -0.2) is 10.6 Å². The lowest BCUT2D eigenvalue weighted by Gasteiger charge is -2.03. The number of aryl methyl sites for hydroxylation is 1. The van der Waals surface area contributed by atoms with Gasteiger partial charge in [0.1, 0.15) is 0 Å². The second kappa shape index (κ2) is 4.28. The average Bonchev–Trinajstić information content (AvgIpc) is 2.52. The Balaban J connectivity index is 2.79. The lowest BCUT2D eigenvalue weighted by Crippen LogP contribution is -2.15. The second-order valence-electron chi connectivity index (χ2n) is 3.45. The molecule has 1 unspecified atom stereocenters. The third kappa shape index (κ3) is 2.74. The van der Waals surface area contributed by atoms with E-state index in [4.69, 9.17) is 5.73 Å². The van der Waals surface area contributed by atoms with Gasteiger partial charge >= 0.3 is 0 Å². The largest absolute Gasteiger partial charge is 0.354 e. The lowest BCUT2D eigenvalue weighted by atomic mass is 10.1. The third-order valence-corrected chi connectivity index (χ3v) is 2.25. The minimum atomic E-state index is 0.143. The first-order valence-electron chi connectivity index (χ1n) is 4.73. The van der Waals surface area contributed by atoms with Gasteiger partial charge in [-0.05, 0) is 32.4 Å². The molecule has 0 aliphatic carbocycles. The minimum absolute atomic E-state index is 0.143. The molecule has 2 N–H and O–H groups in total. The monoisotopic (exact) mass is 178 g/mol. The highest BCUT2D eigenvalue weighted by molar-refractivity contribution is 5.52. The molecule has 0 aliphatic rings. The summed E-state index contributed by atoms with van der Waals surface area (Å²) in [4.78, 5) is 0. The van der Waals surface area contributed by atoms with E-state index in [1.807, 2.05) is 6.92 Å². The van der Waals surface area contributed by atoms with Crippen molar-refractivity contribution in [2.24, 2.45) is 5.73 Å². The molecule has 0 fully saturated rings. The molecule has 72 valence electrons. The van der Waals surface area contributed by atoms with Gasteiger partial charge in [-0.2, -0.15) is 0 Å². The maximum Gasteiger partial charge on any atom is 0.0225 e. The van der Waals surface area contributed by atoms with E-state index in [1.54, 1.807) is 0 Å². The maximum absolute atomic E-state index is 5.75. The molecule has 2 heteroatoms. The van der Waals surface area contributed by atoms with Crippen molar-refractivity contribution in [3.05, 3.63) is 29.6 Å². The normalized spacial score (nSPS) is 14.6. The summed E-state index contributed by atoms with van der Waals surface area (Å²) in [6, 6.07) is 2.25. The van der Waals surface area contributed by atoms with Crippen LogP contribution in [0, 0.1) is 0 Å². The highest BCUT2D eigenvalue weighted by Crippen LogP contribution is 2.09. The highest BCUT2D eigenvalue weighted by Gasteiger charge is 1.97. The first kappa shape index (κ1) is 10.1. The summed E-state index contributed by atoms with van der Waals surface area (Å²) in [6.45, 7) is 7.22. The molecular formula is C11H18N2. The van der Waals surface area contributed by atoms with Crippen LogP contribution in [0.3, 0.4) is 0 Å². The molecule has 0 saturated carbocycles. The Kier molecular flexibility index (Phi) is 3.32. The quantitative estimate of drug-likeness (QED) is 0.756. The van der Waals surface area contributed by atoms with E-state index in [0.717, 1.165) is 6.54 Å². The Bertz CT molecular complexity index is 295. The summed E-state index contributed by atoms with van der Waals surface area (Å²) in [5.41, 5.74) is 8.20. The Labute approximate surface area is 80.1 Å². The van der Waals surface area contributed by atoms with Gasteiger partial charge in [0, 0.05) is 25.0 Å². The van der Waals surface area contributed by atoms with E-state index in [-0.39, 0.29) is 6.04 Å². The fourth-order valence-corrected chi connectivity index (χ4v) is 1.14. The van der Waals surface area contributed by atoms with Crippen molar-refractivity contribution >= 4 is 6.08 Å². The van der Waals surface area contributed by atoms with Crippen molar-refractivity contribution in [3.63, 3.8) is 0 Å². The Morgan fingerprint density at radius 1 is 1.69 bits per heavy atom.